The summed E-state index contributed by atoms with van der Waals surface area (Å²) in [4.78, 5) is 16.9. The van der Waals surface area contributed by atoms with Gasteiger partial charge in [0.25, 0.3) is 0 Å². The van der Waals surface area contributed by atoms with Gasteiger partial charge < -0.3 is 14.8 Å². The fraction of sp³-hybridized carbons (Fsp3) is 0.474. The van der Waals surface area contributed by atoms with Crippen molar-refractivity contribution >= 4 is 22.7 Å². The lowest BCUT2D eigenvalue weighted by atomic mass is 9.92. The van der Waals surface area contributed by atoms with E-state index in [-0.39, 0.29) is 5.41 Å². The number of H-pyrrole nitrogens is 1. The molecule has 0 bridgehead atoms. The number of aromatic amines is 1. The Morgan fingerprint density at radius 2 is 1.69 bits per heavy atom. The molecular formula is C19H25N7. The van der Waals surface area contributed by atoms with Crippen LogP contribution in [-0.2, 0) is 5.41 Å². The third-order valence-electron chi connectivity index (χ3n) is 4.85. The van der Waals surface area contributed by atoms with E-state index in [1.807, 2.05) is 6.92 Å². The van der Waals surface area contributed by atoms with Crippen molar-refractivity contribution in [2.75, 3.05) is 36.0 Å². The Kier molecular flexibility index (Phi) is 4.01. The molecule has 0 unspecified atom stereocenters. The van der Waals surface area contributed by atoms with E-state index in [1.54, 1.807) is 6.33 Å². The second-order valence-electron chi connectivity index (χ2n) is 7.91. The molecule has 1 saturated heterocycles. The van der Waals surface area contributed by atoms with Crippen LogP contribution in [0.3, 0.4) is 0 Å². The SMILES string of the molecule is Cc1cc2ncnc(N3CCN(c4ccc(C(C)(C)C)nn4)CC3)c2[nH]1. The average molecular weight is 351 g/mol. The maximum atomic E-state index is 4.52. The van der Waals surface area contributed by atoms with Gasteiger partial charge in [0.1, 0.15) is 11.8 Å². The van der Waals surface area contributed by atoms with Crippen molar-refractivity contribution in [1.29, 1.82) is 0 Å². The van der Waals surface area contributed by atoms with Crippen LogP contribution in [0.4, 0.5) is 11.6 Å². The number of nitrogens with zero attached hydrogens (tertiary/aromatic N) is 6. The van der Waals surface area contributed by atoms with Crippen LogP contribution >= 0.6 is 0 Å². The van der Waals surface area contributed by atoms with Crippen LogP contribution in [0.15, 0.2) is 24.5 Å². The number of rotatable bonds is 2. The normalized spacial score (nSPS) is 15.7. The Morgan fingerprint density at radius 3 is 2.35 bits per heavy atom. The summed E-state index contributed by atoms with van der Waals surface area (Å²) in [5.74, 6) is 1.93. The van der Waals surface area contributed by atoms with Gasteiger partial charge in [-0.3, -0.25) is 0 Å². The van der Waals surface area contributed by atoms with Crippen LogP contribution in [0.5, 0.6) is 0 Å². The van der Waals surface area contributed by atoms with E-state index in [0.29, 0.717) is 0 Å². The monoisotopic (exact) mass is 351 g/mol. The molecular weight excluding hydrogens is 326 g/mol. The molecule has 0 spiro atoms. The van der Waals surface area contributed by atoms with E-state index >= 15 is 0 Å². The summed E-state index contributed by atoms with van der Waals surface area (Å²) < 4.78 is 0. The minimum Gasteiger partial charge on any atom is -0.354 e. The van der Waals surface area contributed by atoms with Gasteiger partial charge in [-0.25, -0.2) is 9.97 Å². The van der Waals surface area contributed by atoms with Gasteiger partial charge in [0.15, 0.2) is 11.6 Å². The fourth-order valence-electron chi connectivity index (χ4n) is 3.34. The third-order valence-corrected chi connectivity index (χ3v) is 4.85. The maximum Gasteiger partial charge on any atom is 0.156 e. The molecule has 0 saturated carbocycles. The highest BCUT2D eigenvalue weighted by Crippen LogP contribution is 2.25. The highest BCUT2D eigenvalue weighted by molar-refractivity contribution is 5.86. The molecule has 3 aromatic heterocycles. The van der Waals surface area contributed by atoms with E-state index < -0.39 is 0 Å². The Morgan fingerprint density at radius 1 is 0.962 bits per heavy atom. The van der Waals surface area contributed by atoms with Crippen LogP contribution in [0.25, 0.3) is 11.0 Å². The number of aryl methyl sites for hydroxylation is 1. The van der Waals surface area contributed by atoms with Crippen LogP contribution in [0.2, 0.25) is 0 Å². The highest BCUT2D eigenvalue weighted by atomic mass is 15.3. The molecule has 1 aliphatic rings. The zero-order chi connectivity index (χ0) is 18.3. The molecule has 1 aliphatic heterocycles. The molecule has 0 aromatic carbocycles. The minimum atomic E-state index is 0.0246. The first-order valence-electron chi connectivity index (χ1n) is 9.06. The molecule has 26 heavy (non-hydrogen) atoms. The summed E-state index contributed by atoms with van der Waals surface area (Å²) >= 11 is 0. The van der Waals surface area contributed by atoms with Crippen molar-refractivity contribution < 1.29 is 0 Å². The van der Waals surface area contributed by atoms with E-state index in [9.17, 15) is 0 Å². The van der Waals surface area contributed by atoms with Gasteiger partial charge in [-0.05, 0) is 25.1 Å². The molecule has 0 aliphatic carbocycles. The molecule has 0 radical (unpaired) electrons. The van der Waals surface area contributed by atoms with Crippen molar-refractivity contribution in [2.45, 2.75) is 33.1 Å². The third kappa shape index (κ3) is 3.09. The molecule has 0 atom stereocenters. The van der Waals surface area contributed by atoms with Crippen molar-refractivity contribution in [2.24, 2.45) is 0 Å². The van der Waals surface area contributed by atoms with Crippen LogP contribution < -0.4 is 9.80 Å². The van der Waals surface area contributed by atoms with E-state index in [4.69, 9.17) is 0 Å². The maximum absolute atomic E-state index is 4.52. The van der Waals surface area contributed by atoms with Crippen LogP contribution in [0.1, 0.15) is 32.2 Å². The fourth-order valence-corrected chi connectivity index (χ4v) is 3.34. The summed E-state index contributed by atoms with van der Waals surface area (Å²) in [5.41, 5.74) is 4.14. The molecule has 3 aromatic rings. The smallest absolute Gasteiger partial charge is 0.156 e. The number of hydrogen-bond acceptors (Lipinski definition) is 6. The van der Waals surface area contributed by atoms with Crippen LogP contribution in [-0.4, -0.2) is 51.3 Å². The number of fused-ring (bicyclic) bond motifs is 1. The molecule has 1 N–H and O–H groups in total. The largest absolute Gasteiger partial charge is 0.354 e. The predicted octanol–water partition coefficient (Wildman–Crippen LogP) is 2.68. The second kappa shape index (κ2) is 6.23. The van der Waals surface area contributed by atoms with E-state index in [0.717, 1.165) is 60.2 Å². The van der Waals surface area contributed by atoms with Crippen LogP contribution in [0, 0.1) is 6.92 Å². The van der Waals surface area contributed by atoms with Gasteiger partial charge in [0.2, 0.25) is 0 Å². The highest BCUT2D eigenvalue weighted by Gasteiger charge is 2.22. The van der Waals surface area contributed by atoms with Gasteiger partial charge in [-0.2, -0.15) is 5.10 Å². The molecule has 136 valence electrons. The Balaban J connectivity index is 1.48. The topological polar surface area (TPSA) is 73.8 Å². The lowest BCUT2D eigenvalue weighted by Crippen LogP contribution is -2.47. The minimum absolute atomic E-state index is 0.0246. The van der Waals surface area contributed by atoms with Gasteiger partial charge in [-0.1, -0.05) is 20.8 Å². The lowest BCUT2D eigenvalue weighted by Gasteiger charge is -2.36. The van der Waals surface area contributed by atoms with E-state index in [2.05, 4.69) is 73.9 Å². The van der Waals surface area contributed by atoms with Gasteiger partial charge >= 0.3 is 0 Å². The number of aromatic nitrogens is 5. The summed E-state index contributed by atoms with van der Waals surface area (Å²) in [6.45, 7) is 12.1. The number of anilines is 2. The van der Waals surface area contributed by atoms with E-state index in [1.165, 1.54) is 0 Å². The standard InChI is InChI=1S/C19H25N7/c1-13-11-14-17(22-13)18(21-12-20-14)26-9-7-25(8-10-26)16-6-5-15(23-24-16)19(2,3)4/h5-6,11-12,22H,7-10H2,1-4H3. The van der Waals surface area contributed by atoms with Crippen molar-refractivity contribution in [1.82, 2.24) is 25.1 Å². The van der Waals surface area contributed by atoms with Gasteiger partial charge in [0, 0.05) is 37.3 Å². The molecule has 1 fully saturated rings. The molecule has 7 heteroatoms. The number of hydrogen-bond donors (Lipinski definition) is 1. The molecule has 0 amide bonds. The van der Waals surface area contributed by atoms with Gasteiger partial charge in [-0.15, -0.1) is 5.10 Å². The predicted molar refractivity (Wildman–Crippen MR) is 104 cm³/mol. The first-order chi connectivity index (χ1) is 12.4. The van der Waals surface area contributed by atoms with Crippen molar-refractivity contribution in [3.8, 4) is 0 Å². The zero-order valence-electron chi connectivity index (χ0n) is 15.8. The molecule has 4 heterocycles. The number of nitrogens with one attached hydrogen (secondary N) is 1. The van der Waals surface area contributed by atoms with Gasteiger partial charge in [0.05, 0.1) is 11.2 Å². The Labute approximate surface area is 153 Å². The molecule has 4 rings (SSSR count). The quantitative estimate of drug-likeness (QED) is 0.765. The Hall–Kier alpha value is -2.70. The lowest BCUT2D eigenvalue weighted by molar-refractivity contribution is 0.556. The summed E-state index contributed by atoms with van der Waals surface area (Å²) in [7, 11) is 0. The summed E-state index contributed by atoms with van der Waals surface area (Å²) in [5, 5.41) is 8.86. The summed E-state index contributed by atoms with van der Waals surface area (Å²) in [6.07, 6.45) is 1.65. The first-order valence-corrected chi connectivity index (χ1v) is 9.06. The number of piperazine rings is 1. The first kappa shape index (κ1) is 16.8. The Bertz CT molecular complexity index is 900. The van der Waals surface area contributed by atoms with Crippen molar-refractivity contribution in [3.05, 3.63) is 35.9 Å². The average Bonchev–Trinajstić information content (AvgIpc) is 3.01. The second-order valence-corrected chi connectivity index (χ2v) is 7.91. The summed E-state index contributed by atoms with van der Waals surface area (Å²) in [6, 6.07) is 6.23. The molecule has 7 nitrogen and oxygen atoms in total. The van der Waals surface area contributed by atoms with Crippen molar-refractivity contribution in [3.63, 3.8) is 0 Å². The zero-order valence-corrected chi connectivity index (χ0v) is 15.8.